The summed E-state index contributed by atoms with van der Waals surface area (Å²) in [7, 11) is 0. The van der Waals surface area contributed by atoms with Crippen molar-refractivity contribution in [1.29, 1.82) is 0 Å². The highest BCUT2D eigenvalue weighted by molar-refractivity contribution is 5.11. The molecular weight excluding hydrogens is 411 g/mol. The smallest absolute Gasteiger partial charge is 0.171 e. The molecule has 2 rings (SSSR count). The molecule has 2 aromatic heterocycles. The van der Waals surface area contributed by atoms with E-state index in [4.69, 9.17) is 14.2 Å². The topological polar surface area (TPSA) is 35.5 Å². The SMILES string of the molecule is Cc1cc(C)c[n+](CCOCCOCCOCC[n+]2cc(C)cc(C)c2)c1.[Cl-].[Cl-]. The van der Waals surface area contributed by atoms with Gasteiger partial charge in [-0.05, 0) is 39.8 Å². The molecule has 0 bridgehead atoms. The van der Waals surface area contributed by atoms with Gasteiger partial charge in [0.05, 0.1) is 26.4 Å². The molecule has 0 aliphatic rings. The minimum absolute atomic E-state index is 0. The zero-order valence-electron chi connectivity index (χ0n) is 18.0. The fourth-order valence-electron chi connectivity index (χ4n) is 3.13. The second kappa shape index (κ2) is 15.6. The van der Waals surface area contributed by atoms with Gasteiger partial charge in [0.25, 0.3) is 0 Å². The summed E-state index contributed by atoms with van der Waals surface area (Å²) >= 11 is 0. The van der Waals surface area contributed by atoms with Gasteiger partial charge in [0.15, 0.2) is 37.9 Å². The average Bonchev–Trinajstić information content (AvgIpc) is 2.58. The molecule has 29 heavy (non-hydrogen) atoms. The van der Waals surface area contributed by atoms with E-state index < -0.39 is 0 Å². The molecule has 7 heteroatoms. The van der Waals surface area contributed by atoms with Crippen LogP contribution in [0.15, 0.2) is 36.9 Å². The second-order valence-corrected chi connectivity index (χ2v) is 7.09. The first-order valence-corrected chi connectivity index (χ1v) is 9.71. The molecule has 0 radical (unpaired) electrons. The summed E-state index contributed by atoms with van der Waals surface area (Å²) in [5.41, 5.74) is 5.09. The molecule has 0 amide bonds. The molecule has 0 spiro atoms. The highest BCUT2D eigenvalue weighted by Crippen LogP contribution is 1.98. The van der Waals surface area contributed by atoms with Crippen LogP contribution in [0.4, 0.5) is 0 Å². The third kappa shape index (κ3) is 12.1. The highest BCUT2D eigenvalue weighted by Gasteiger charge is 2.04. The van der Waals surface area contributed by atoms with Gasteiger partial charge in [-0.1, -0.05) is 0 Å². The summed E-state index contributed by atoms with van der Waals surface area (Å²) in [6.07, 6.45) is 8.56. The highest BCUT2D eigenvalue weighted by atomic mass is 35.5. The maximum absolute atomic E-state index is 5.64. The number of aromatic nitrogens is 2. The van der Waals surface area contributed by atoms with E-state index in [1.165, 1.54) is 22.3 Å². The van der Waals surface area contributed by atoms with Crippen LogP contribution < -0.4 is 33.9 Å². The van der Waals surface area contributed by atoms with E-state index in [1.54, 1.807) is 0 Å². The Morgan fingerprint density at radius 1 is 0.517 bits per heavy atom. The maximum Gasteiger partial charge on any atom is 0.171 e. The van der Waals surface area contributed by atoms with Crippen molar-refractivity contribution in [2.75, 3.05) is 39.6 Å². The van der Waals surface area contributed by atoms with E-state index >= 15 is 0 Å². The van der Waals surface area contributed by atoms with Crippen LogP contribution >= 0.6 is 0 Å². The van der Waals surface area contributed by atoms with Gasteiger partial charge in [-0.15, -0.1) is 0 Å². The minimum Gasteiger partial charge on any atom is -1.00 e. The lowest BCUT2D eigenvalue weighted by molar-refractivity contribution is -0.699. The number of hydrogen-bond acceptors (Lipinski definition) is 3. The predicted octanol–water partition coefficient (Wildman–Crippen LogP) is -3.75. The van der Waals surface area contributed by atoms with E-state index in [1.807, 2.05) is 0 Å². The van der Waals surface area contributed by atoms with Crippen LogP contribution in [-0.2, 0) is 27.3 Å². The van der Waals surface area contributed by atoms with Crippen molar-refractivity contribution in [3.8, 4) is 0 Å². The number of halogens is 2. The molecule has 0 atom stereocenters. The normalized spacial score (nSPS) is 10.3. The van der Waals surface area contributed by atoms with Crippen molar-refractivity contribution in [2.45, 2.75) is 40.8 Å². The summed E-state index contributed by atoms with van der Waals surface area (Å²) in [4.78, 5) is 0. The van der Waals surface area contributed by atoms with Crippen LogP contribution in [0.2, 0.25) is 0 Å². The van der Waals surface area contributed by atoms with Gasteiger partial charge in [-0.2, -0.15) is 0 Å². The molecule has 164 valence electrons. The summed E-state index contributed by atoms with van der Waals surface area (Å²) in [6, 6.07) is 4.35. The first-order chi connectivity index (χ1) is 13.0. The minimum atomic E-state index is 0. The Hall–Kier alpha value is -1.24. The largest absolute Gasteiger partial charge is 1.00 e. The molecule has 2 aromatic rings. The van der Waals surface area contributed by atoms with Crippen LogP contribution in [0.25, 0.3) is 0 Å². The van der Waals surface area contributed by atoms with Gasteiger partial charge < -0.3 is 39.0 Å². The van der Waals surface area contributed by atoms with Crippen LogP contribution in [0.5, 0.6) is 0 Å². The van der Waals surface area contributed by atoms with E-state index in [9.17, 15) is 0 Å². The monoisotopic (exact) mass is 444 g/mol. The van der Waals surface area contributed by atoms with E-state index in [-0.39, 0.29) is 24.8 Å². The van der Waals surface area contributed by atoms with Crippen molar-refractivity contribution < 1.29 is 48.2 Å². The average molecular weight is 445 g/mol. The Morgan fingerprint density at radius 3 is 1.10 bits per heavy atom. The first kappa shape index (κ1) is 27.8. The molecule has 0 saturated heterocycles. The number of hydrogen-bond donors (Lipinski definition) is 0. The van der Waals surface area contributed by atoms with E-state index in [2.05, 4.69) is 73.7 Å². The lowest BCUT2D eigenvalue weighted by atomic mass is 10.2. The van der Waals surface area contributed by atoms with Crippen LogP contribution in [0.3, 0.4) is 0 Å². The number of nitrogens with zero attached hydrogens (tertiary/aromatic N) is 2. The number of rotatable bonds is 12. The fraction of sp³-hybridized carbons (Fsp3) is 0.545. The first-order valence-electron chi connectivity index (χ1n) is 9.71. The van der Waals surface area contributed by atoms with E-state index in [0.717, 1.165) is 13.1 Å². The van der Waals surface area contributed by atoms with Crippen LogP contribution in [0, 0.1) is 27.7 Å². The molecule has 0 unspecified atom stereocenters. The summed E-state index contributed by atoms with van der Waals surface area (Å²) < 4.78 is 21.2. The van der Waals surface area contributed by atoms with Crippen molar-refractivity contribution in [1.82, 2.24) is 0 Å². The quantitative estimate of drug-likeness (QED) is 0.249. The molecule has 0 aliphatic heterocycles. The molecule has 0 aromatic carbocycles. The lowest BCUT2D eigenvalue weighted by Crippen LogP contribution is -3.00. The van der Waals surface area contributed by atoms with Crippen molar-refractivity contribution in [3.05, 3.63) is 59.2 Å². The van der Waals surface area contributed by atoms with Crippen molar-refractivity contribution >= 4 is 0 Å². The third-order valence-corrected chi connectivity index (χ3v) is 4.12. The van der Waals surface area contributed by atoms with Crippen molar-refractivity contribution in [2.24, 2.45) is 0 Å². The zero-order chi connectivity index (χ0) is 19.5. The lowest BCUT2D eigenvalue weighted by Gasteiger charge is -2.06. The van der Waals surface area contributed by atoms with Crippen LogP contribution in [0.1, 0.15) is 22.3 Å². The Bertz CT molecular complexity index is 614. The third-order valence-electron chi connectivity index (χ3n) is 4.12. The zero-order valence-corrected chi connectivity index (χ0v) is 19.5. The van der Waals surface area contributed by atoms with Gasteiger partial charge in [0.1, 0.15) is 13.2 Å². The molecular formula is C22H34Cl2N2O3. The number of ether oxygens (including phenoxy) is 3. The van der Waals surface area contributed by atoms with Crippen LogP contribution in [-0.4, -0.2) is 39.6 Å². The number of pyridine rings is 2. The Labute approximate surface area is 187 Å². The molecule has 0 fully saturated rings. The van der Waals surface area contributed by atoms with E-state index in [0.29, 0.717) is 39.6 Å². The Morgan fingerprint density at radius 2 is 0.793 bits per heavy atom. The predicted molar refractivity (Wildman–Crippen MR) is 105 cm³/mol. The second-order valence-electron chi connectivity index (χ2n) is 7.09. The number of aryl methyl sites for hydroxylation is 4. The molecule has 2 heterocycles. The van der Waals surface area contributed by atoms with Gasteiger partial charge in [-0.3, -0.25) is 0 Å². The fourth-order valence-corrected chi connectivity index (χ4v) is 3.13. The van der Waals surface area contributed by atoms with Crippen molar-refractivity contribution in [3.63, 3.8) is 0 Å². The molecule has 5 nitrogen and oxygen atoms in total. The van der Waals surface area contributed by atoms with Gasteiger partial charge in [-0.25, -0.2) is 9.13 Å². The van der Waals surface area contributed by atoms with Gasteiger partial charge >= 0.3 is 0 Å². The molecule has 0 saturated carbocycles. The Balaban J connectivity index is 0.00000392. The summed E-state index contributed by atoms with van der Waals surface area (Å²) in [5.74, 6) is 0. The molecule has 0 N–H and O–H groups in total. The maximum atomic E-state index is 5.64. The summed E-state index contributed by atoms with van der Waals surface area (Å²) in [5, 5.41) is 0. The summed E-state index contributed by atoms with van der Waals surface area (Å²) in [6.45, 7) is 14.0. The van der Waals surface area contributed by atoms with Gasteiger partial charge in [0, 0.05) is 22.3 Å². The molecule has 0 aliphatic carbocycles. The standard InChI is InChI=1S/C22H34N2O3.2ClH/c1-19-13-20(2)16-23(15-19)5-7-25-9-11-27-12-10-26-8-6-24-17-21(3)14-22(4)18-24;;/h13-18H,5-12H2,1-4H3;2*1H/q+2;;/p-2. The van der Waals surface area contributed by atoms with Gasteiger partial charge in [0.2, 0.25) is 0 Å². The Kier molecular flexibility index (Phi) is 14.9.